The Morgan fingerprint density at radius 1 is 1.21 bits per heavy atom. The fourth-order valence-corrected chi connectivity index (χ4v) is 3.15. The lowest BCUT2D eigenvalue weighted by atomic mass is 10.2. The van der Waals surface area contributed by atoms with Gasteiger partial charge in [0.05, 0.1) is 12.6 Å². The van der Waals surface area contributed by atoms with Gasteiger partial charge >= 0.3 is 0 Å². The summed E-state index contributed by atoms with van der Waals surface area (Å²) in [6.07, 6.45) is 0.454. The van der Waals surface area contributed by atoms with E-state index in [4.69, 9.17) is 4.74 Å². The van der Waals surface area contributed by atoms with E-state index in [1.807, 2.05) is 66.4 Å². The SMILES string of the molecule is CCOc1cccc(CNC(=NC)NC2CC(=O)N(c3ccccc3)C2)c1.I. The van der Waals surface area contributed by atoms with Crippen molar-refractivity contribution in [1.82, 2.24) is 10.6 Å². The highest BCUT2D eigenvalue weighted by molar-refractivity contribution is 14.0. The molecule has 0 aliphatic carbocycles. The van der Waals surface area contributed by atoms with Gasteiger partial charge in [-0.05, 0) is 36.8 Å². The van der Waals surface area contributed by atoms with Crippen molar-refractivity contribution in [2.45, 2.75) is 25.9 Å². The summed E-state index contributed by atoms with van der Waals surface area (Å²) in [5.41, 5.74) is 2.04. The number of rotatable bonds is 6. The summed E-state index contributed by atoms with van der Waals surface area (Å²) in [6.45, 7) is 3.87. The van der Waals surface area contributed by atoms with Gasteiger partial charge in [-0.1, -0.05) is 30.3 Å². The summed E-state index contributed by atoms with van der Waals surface area (Å²) in [5, 5.41) is 6.66. The molecule has 1 aliphatic rings. The van der Waals surface area contributed by atoms with Gasteiger partial charge < -0.3 is 20.3 Å². The van der Waals surface area contributed by atoms with Crippen molar-refractivity contribution in [2.75, 3.05) is 25.1 Å². The van der Waals surface area contributed by atoms with Gasteiger partial charge in [-0.25, -0.2) is 0 Å². The van der Waals surface area contributed by atoms with Gasteiger partial charge in [0.25, 0.3) is 0 Å². The van der Waals surface area contributed by atoms with Crippen LogP contribution < -0.4 is 20.3 Å². The Bertz CT molecular complexity index is 798. The first-order valence-electron chi connectivity index (χ1n) is 9.24. The lowest BCUT2D eigenvalue weighted by Gasteiger charge is -2.19. The van der Waals surface area contributed by atoms with Crippen molar-refractivity contribution in [3.8, 4) is 5.75 Å². The standard InChI is InChI=1S/C21H26N4O2.HI/c1-3-27-19-11-7-8-16(12-19)14-23-21(22-2)24-17-13-20(26)25(15-17)18-9-5-4-6-10-18;/h4-12,17H,3,13-15H2,1-2H3,(H2,22,23,24);1H. The maximum absolute atomic E-state index is 12.3. The highest BCUT2D eigenvalue weighted by Gasteiger charge is 2.30. The van der Waals surface area contributed by atoms with Gasteiger partial charge in [0.1, 0.15) is 5.75 Å². The summed E-state index contributed by atoms with van der Waals surface area (Å²) in [7, 11) is 1.73. The highest BCUT2D eigenvalue weighted by Crippen LogP contribution is 2.21. The lowest BCUT2D eigenvalue weighted by molar-refractivity contribution is -0.117. The van der Waals surface area contributed by atoms with Crippen LogP contribution in [0.25, 0.3) is 0 Å². The minimum Gasteiger partial charge on any atom is -0.494 e. The second-order valence-electron chi connectivity index (χ2n) is 6.39. The monoisotopic (exact) mass is 494 g/mol. The molecule has 1 amide bonds. The Balaban J connectivity index is 0.00000280. The molecule has 3 rings (SSSR count). The number of para-hydroxylation sites is 1. The van der Waals surface area contributed by atoms with Gasteiger partial charge in [-0.3, -0.25) is 9.79 Å². The molecule has 1 aliphatic heterocycles. The molecular weight excluding hydrogens is 467 g/mol. The molecule has 0 saturated carbocycles. The average molecular weight is 494 g/mol. The van der Waals surface area contributed by atoms with Crippen LogP contribution in [0.2, 0.25) is 0 Å². The number of hydrogen-bond acceptors (Lipinski definition) is 3. The van der Waals surface area contributed by atoms with Crippen molar-refractivity contribution in [2.24, 2.45) is 4.99 Å². The van der Waals surface area contributed by atoms with Crippen molar-refractivity contribution in [3.05, 3.63) is 60.2 Å². The van der Waals surface area contributed by atoms with Crippen molar-refractivity contribution >= 4 is 41.5 Å². The van der Waals surface area contributed by atoms with Crippen LogP contribution in [0.15, 0.2) is 59.6 Å². The van der Waals surface area contributed by atoms with Crippen LogP contribution in [0, 0.1) is 0 Å². The molecule has 1 fully saturated rings. The Morgan fingerprint density at radius 2 is 2.00 bits per heavy atom. The first-order chi connectivity index (χ1) is 13.2. The summed E-state index contributed by atoms with van der Waals surface area (Å²) >= 11 is 0. The van der Waals surface area contributed by atoms with Gasteiger partial charge in [-0.15, -0.1) is 24.0 Å². The van der Waals surface area contributed by atoms with E-state index < -0.39 is 0 Å². The predicted molar refractivity (Wildman–Crippen MR) is 124 cm³/mol. The summed E-state index contributed by atoms with van der Waals surface area (Å²) in [5.74, 6) is 1.67. The summed E-state index contributed by atoms with van der Waals surface area (Å²) in [4.78, 5) is 18.4. The molecule has 28 heavy (non-hydrogen) atoms. The second kappa shape index (κ2) is 10.9. The third kappa shape index (κ3) is 5.85. The Morgan fingerprint density at radius 3 is 2.71 bits per heavy atom. The number of ether oxygens (including phenoxy) is 1. The summed E-state index contributed by atoms with van der Waals surface area (Å²) < 4.78 is 5.54. The maximum atomic E-state index is 12.3. The molecule has 1 heterocycles. The molecule has 2 aromatic rings. The van der Waals surface area contributed by atoms with Gasteiger partial charge in [-0.2, -0.15) is 0 Å². The number of halogens is 1. The van der Waals surface area contributed by atoms with E-state index in [1.54, 1.807) is 7.05 Å². The number of amides is 1. The molecular formula is C21H27IN4O2. The number of carbonyl (C=O) groups excluding carboxylic acids is 1. The van der Waals surface area contributed by atoms with Crippen molar-refractivity contribution < 1.29 is 9.53 Å². The first-order valence-corrected chi connectivity index (χ1v) is 9.24. The van der Waals surface area contributed by atoms with Gasteiger partial charge in [0.15, 0.2) is 5.96 Å². The molecule has 1 atom stereocenters. The largest absolute Gasteiger partial charge is 0.494 e. The third-order valence-corrected chi connectivity index (χ3v) is 4.43. The van der Waals surface area contributed by atoms with E-state index in [9.17, 15) is 4.79 Å². The van der Waals surface area contributed by atoms with Gasteiger partial charge in [0.2, 0.25) is 5.91 Å². The number of aliphatic imine (C=N–C) groups is 1. The van der Waals surface area contributed by atoms with Crippen LogP contribution in [-0.4, -0.2) is 38.1 Å². The van der Waals surface area contributed by atoms with Crippen LogP contribution >= 0.6 is 24.0 Å². The molecule has 1 saturated heterocycles. The van der Waals surface area contributed by atoms with E-state index in [2.05, 4.69) is 15.6 Å². The Labute approximate surface area is 183 Å². The van der Waals surface area contributed by atoms with E-state index >= 15 is 0 Å². The Kier molecular flexibility index (Phi) is 8.56. The topological polar surface area (TPSA) is 66.0 Å². The van der Waals surface area contributed by atoms with Crippen LogP contribution in [0.3, 0.4) is 0 Å². The fraction of sp³-hybridized carbons (Fsp3) is 0.333. The number of anilines is 1. The van der Waals surface area contributed by atoms with Crippen molar-refractivity contribution in [3.63, 3.8) is 0 Å². The van der Waals surface area contributed by atoms with Crippen LogP contribution in [0.1, 0.15) is 18.9 Å². The normalized spacial score (nSPS) is 16.5. The molecule has 2 aromatic carbocycles. The fourth-order valence-electron chi connectivity index (χ4n) is 3.15. The van der Waals surface area contributed by atoms with E-state index in [-0.39, 0.29) is 35.9 Å². The first kappa shape index (κ1) is 22.0. The molecule has 1 unspecified atom stereocenters. The average Bonchev–Trinajstić information content (AvgIpc) is 3.06. The molecule has 0 bridgehead atoms. The third-order valence-electron chi connectivity index (χ3n) is 4.43. The van der Waals surface area contributed by atoms with Crippen LogP contribution in [0.5, 0.6) is 5.75 Å². The van der Waals surface area contributed by atoms with E-state index in [1.165, 1.54) is 0 Å². The van der Waals surface area contributed by atoms with Crippen LogP contribution in [0.4, 0.5) is 5.69 Å². The van der Waals surface area contributed by atoms with Crippen molar-refractivity contribution in [1.29, 1.82) is 0 Å². The summed E-state index contributed by atoms with van der Waals surface area (Å²) in [6, 6.07) is 17.8. The highest BCUT2D eigenvalue weighted by atomic mass is 127. The number of carbonyl (C=O) groups is 1. The van der Waals surface area contributed by atoms with Gasteiger partial charge in [0, 0.05) is 32.2 Å². The number of nitrogens with one attached hydrogen (secondary N) is 2. The second-order valence-corrected chi connectivity index (χ2v) is 6.39. The number of hydrogen-bond donors (Lipinski definition) is 2. The number of benzene rings is 2. The molecule has 0 spiro atoms. The number of nitrogens with zero attached hydrogens (tertiary/aromatic N) is 2. The quantitative estimate of drug-likeness (QED) is 0.368. The molecule has 150 valence electrons. The zero-order valence-electron chi connectivity index (χ0n) is 16.2. The zero-order chi connectivity index (χ0) is 19.1. The van der Waals surface area contributed by atoms with E-state index in [0.717, 1.165) is 17.0 Å². The van der Waals surface area contributed by atoms with Crippen LogP contribution in [-0.2, 0) is 11.3 Å². The smallest absolute Gasteiger partial charge is 0.229 e. The molecule has 6 nitrogen and oxygen atoms in total. The number of guanidine groups is 1. The maximum Gasteiger partial charge on any atom is 0.229 e. The Hall–Kier alpha value is -2.29. The molecule has 0 aromatic heterocycles. The minimum atomic E-state index is 0. The minimum absolute atomic E-state index is 0. The lowest BCUT2D eigenvalue weighted by Crippen LogP contribution is -2.44. The molecule has 7 heteroatoms. The zero-order valence-corrected chi connectivity index (χ0v) is 18.6. The predicted octanol–water partition coefficient (Wildman–Crippen LogP) is 3.17. The van der Waals surface area contributed by atoms with E-state index in [0.29, 0.717) is 32.1 Å². The molecule has 0 radical (unpaired) electrons. The molecule has 2 N–H and O–H groups in total.